The van der Waals surface area contributed by atoms with Gasteiger partial charge in [-0.15, -0.1) is 11.6 Å². The lowest BCUT2D eigenvalue weighted by molar-refractivity contribution is -0.152. The van der Waals surface area contributed by atoms with E-state index in [1.54, 1.807) is 11.0 Å². The molecule has 1 aromatic rings. The number of morpholine rings is 1. The minimum Gasteiger partial charge on any atom is -0.485 e. The van der Waals surface area contributed by atoms with Crippen LogP contribution >= 0.6 is 11.6 Å². The zero-order valence-corrected chi connectivity index (χ0v) is 12.6. The maximum Gasteiger partial charge on any atom is 0.267 e. The summed E-state index contributed by atoms with van der Waals surface area (Å²) in [4.78, 5) is 14.3. The highest BCUT2D eigenvalue weighted by atomic mass is 35.5. The van der Waals surface area contributed by atoms with E-state index in [9.17, 15) is 4.79 Å². The second-order valence-electron chi connectivity index (χ2n) is 5.33. The number of halogens is 1. The first-order valence-electron chi connectivity index (χ1n) is 7.06. The number of hydrogen-bond donors (Lipinski definition) is 0. The number of carbonyl (C=O) groups excluding carboxylic acids is 1. The van der Waals surface area contributed by atoms with Crippen LogP contribution in [0.15, 0.2) is 24.3 Å². The molecule has 0 radical (unpaired) electrons. The third-order valence-corrected chi connectivity index (χ3v) is 3.94. The van der Waals surface area contributed by atoms with Crippen molar-refractivity contribution in [3.8, 4) is 11.5 Å². The second kappa shape index (κ2) is 6.12. The molecule has 0 N–H and O–H groups in total. The molecule has 1 amide bonds. The molecule has 0 spiro atoms. The lowest BCUT2D eigenvalue weighted by Crippen LogP contribution is -2.55. The maximum atomic E-state index is 12.6. The van der Waals surface area contributed by atoms with Crippen LogP contribution in [0.3, 0.4) is 0 Å². The Morgan fingerprint density at radius 3 is 2.86 bits per heavy atom. The molecule has 1 fully saturated rings. The number of nitrogens with zero attached hydrogens (tertiary/aromatic N) is 1. The fraction of sp³-hybridized carbons (Fsp3) is 0.533. The van der Waals surface area contributed by atoms with Gasteiger partial charge < -0.3 is 19.1 Å². The van der Waals surface area contributed by atoms with Gasteiger partial charge >= 0.3 is 0 Å². The van der Waals surface area contributed by atoms with Crippen molar-refractivity contribution in [3.05, 3.63) is 24.3 Å². The number of alkyl halides is 1. The van der Waals surface area contributed by atoms with E-state index >= 15 is 0 Å². The van der Waals surface area contributed by atoms with Gasteiger partial charge in [-0.3, -0.25) is 4.79 Å². The summed E-state index contributed by atoms with van der Waals surface area (Å²) in [6, 6.07) is 7.36. The lowest BCUT2D eigenvalue weighted by Gasteiger charge is -2.38. The SMILES string of the molecule is CC1CN(C(=O)C2COc3ccccc3O2)CC(CCl)O1. The number of carbonyl (C=O) groups is 1. The molecule has 6 heteroatoms. The van der Waals surface area contributed by atoms with Crippen molar-refractivity contribution in [3.63, 3.8) is 0 Å². The van der Waals surface area contributed by atoms with Crippen LogP contribution in [-0.2, 0) is 9.53 Å². The Balaban J connectivity index is 1.68. The highest BCUT2D eigenvalue weighted by molar-refractivity contribution is 6.18. The van der Waals surface area contributed by atoms with Crippen LogP contribution in [0.4, 0.5) is 0 Å². The molecule has 114 valence electrons. The van der Waals surface area contributed by atoms with Crippen LogP contribution in [0.2, 0.25) is 0 Å². The normalized spacial score (nSPS) is 28.3. The Bertz CT molecular complexity index is 524. The summed E-state index contributed by atoms with van der Waals surface area (Å²) in [5, 5.41) is 0. The van der Waals surface area contributed by atoms with E-state index in [4.69, 9.17) is 25.8 Å². The molecule has 3 unspecified atom stereocenters. The molecule has 0 aromatic heterocycles. The Kier molecular flexibility index (Phi) is 4.22. The average Bonchev–Trinajstić information content (AvgIpc) is 2.53. The topological polar surface area (TPSA) is 48.0 Å². The first-order valence-corrected chi connectivity index (χ1v) is 7.59. The highest BCUT2D eigenvalue weighted by Gasteiger charge is 2.35. The molecule has 2 aliphatic rings. The van der Waals surface area contributed by atoms with Crippen molar-refractivity contribution in [1.82, 2.24) is 4.90 Å². The van der Waals surface area contributed by atoms with E-state index in [1.807, 2.05) is 25.1 Å². The summed E-state index contributed by atoms with van der Waals surface area (Å²) in [7, 11) is 0. The monoisotopic (exact) mass is 311 g/mol. The Morgan fingerprint density at radius 1 is 1.33 bits per heavy atom. The quantitative estimate of drug-likeness (QED) is 0.780. The molecule has 2 heterocycles. The molecule has 1 aromatic carbocycles. The molecule has 0 aliphatic carbocycles. The molecule has 2 aliphatic heterocycles. The molecule has 21 heavy (non-hydrogen) atoms. The Morgan fingerprint density at radius 2 is 2.10 bits per heavy atom. The number of ether oxygens (including phenoxy) is 3. The van der Waals surface area contributed by atoms with Crippen LogP contribution in [0.5, 0.6) is 11.5 Å². The number of amides is 1. The number of para-hydroxylation sites is 2. The largest absolute Gasteiger partial charge is 0.485 e. The van der Waals surface area contributed by atoms with Gasteiger partial charge in [-0.1, -0.05) is 12.1 Å². The van der Waals surface area contributed by atoms with Crippen molar-refractivity contribution in [2.75, 3.05) is 25.6 Å². The van der Waals surface area contributed by atoms with Gasteiger partial charge in [0.1, 0.15) is 6.61 Å². The van der Waals surface area contributed by atoms with Gasteiger partial charge in [0.15, 0.2) is 11.5 Å². The van der Waals surface area contributed by atoms with Crippen LogP contribution in [0, 0.1) is 0 Å². The number of rotatable bonds is 2. The summed E-state index contributed by atoms with van der Waals surface area (Å²) in [5.41, 5.74) is 0. The van der Waals surface area contributed by atoms with Gasteiger partial charge in [0.2, 0.25) is 6.10 Å². The van der Waals surface area contributed by atoms with Gasteiger partial charge in [-0.05, 0) is 19.1 Å². The van der Waals surface area contributed by atoms with Crippen molar-refractivity contribution < 1.29 is 19.0 Å². The summed E-state index contributed by atoms with van der Waals surface area (Å²) in [6.07, 6.45) is -0.763. The van der Waals surface area contributed by atoms with Crippen LogP contribution in [-0.4, -0.2) is 54.7 Å². The number of benzene rings is 1. The first-order chi connectivity index (χ1) is 10.2. The molecule has 5 nitrogen and oxygen atoms in total. The zero-order chi connectivity index (χ0) is 14.8. The fourth-order valence-corrected chi connectivity index (χ4v) is 2.83. The average molecular weight is 312 g/mol. The van der Waals surface area contributed by atoms with Crippen LogP contribution < -0.4 is 9.47 Å². The van der Waals surface area contributed by atoms with Gasteiger partial charge in [0.25, 0.3) is 5.91 Å². The van der Waals surface area contributed by atoms with E-state index in [0.717, 1.165) is 0 Å². The second-order valence-corrected chi connectivity index (χ2v) is 5.64. The van der Waals surface area contributed by atoms with Crippen molar-refractivity contribution in [1.29, 1.82) is 0 Å². The Hall–Kier alpha value is -1.46. The molecule has 1 saturated heterocycles. The highest BCUT2D eigenvalue weighted by Crippen LogP contribution is 2.31. The van der Waals surface area contributed by atoms with Crippen molar-refractivity contribution in [2.45, 2.75) is 25.2 Å². The van der Waals surface area contributed by atoms with Gasteiger partial charge in [-0.25, -0.2) is 0 Å². The predicted molar refractivity (Wildman–Crippen MR) is 78.0 cm³/mol. The number of fused-ring (bicyclic) bond motifs is 1. The van der Waals surface area contributed by atoms with Crippen molar-refractivity contribution >= 4 is 17.5 Å². The van der Waals surface area contributed by atoms with Gasteiger partial charge in [0, 0.05) is 13.1 Å². The third-order valence-electron chi connectivity index (χ3n) is 3.59. The van der Waals surface area contributed by atoms with Gasteiger partial charge in [-0.2, -0.15) is 0 Å². The number of hydrogen-bond acceptors (Lipinski definition) is 4. The van der Waals surface area contributed by atoms with E-state index in [2.05, 4.69) is 0 Å². The maximum absolute atomic E-state index is 12.6. The molecule has 3 rings (SSSR count). The summed E-state index contributed by atoms with van der Waals surface area (Å²) in [5.74, 6) is 1.58. The molecule has 3 atom stereocenters. The van der Waals surface area contributed by atoms with Crippen LogP contribution in [0.1, 0.15) is 6.92 Å². The van der Waals surface area contributed by atoms with E-state index in [1.165, 1.54) is 0 Å². The summed E-state index contributed by atoms with van der Waals surface area (Å²) < 4.78 is 17.0. The van der Waals surface area contributed by atoms with E-state index < -0.39 is 6.10 Å². The summed E-state index contributed by atoms with van der Waals surface area (Å²) in [6.45, 7) is 3.21. The molecular formula is C15H18ClNO4. The fourth-order valence-electron chi connectivity index (χ4n) is 2.66. The van der Waals surface area contributed by atoms with Crippen molar-refractivity contribution in [2.24, 2.45) is 0 Å². The first kappa shape index (κ1) is 14.5. The Labute approximate surface area is 128 Å². The van der Waals surface area contributed by atoms with Crippen LogP contribution in [0.25, 0.3) is 0 Å². The molecule has 0 saturated carbocycles. The minimum absolute atomic E-state index is 0.0248. The molecule has 0 bridgehead atoms. The summed E-state index contributed by atoms with van der Waals surface area (Å²) >= 11 is 5.85. The third kappa shape index (κ3) is 3.09. The molecular weight excluding hydrogens is 294 g/mol. The predicted octanol–water partition coefficient (Wildman–Crippen LogP) is 1.68. The van der Waals surface area contributed by atoms with Gasteiger partial charge in [0.05, 0.1) is 18.1 Å². The lowest BCUT2D eigenvalue weighted by atomic mass is 10.2. The van der Waals surface area contributed by atoms with E-state index in [-0.39, 0.29) is 24.7 Å². The van der Waals surface area contributed by atoms with E-state index in [0.29, 0.717) is 30.5 Å². The smallest absolute Gasteiger partial charge is 0.267 e. The zero-order valence-electron chi connectivity index (χ0n) is 11.8. The standard InChI is InChI=1S/C15H18ClNO4/c1-10-7-17(8-11(6-16)20-10)15(18)14-9-19-12-4-2-3-5-13(12)21-14/h2-5,10-11,14H,6-9H2,1H3. The minimum atomic E-state index is -0.610.